The van der Waals surface area contributed by atoms with Gasteiger partial charge < -0.3 is 19.2 Å². The van der Waals surface area contributed by atoms with Gasteiger partial charge in [-0.2, -0.15) is 0 Å². The van der Waals surface area contributed by atoms with Crippen molar-refractivity contribution >= 4 is 17.7 Å². The zero-order chi connectivity index (χ0) is 19.6. The summed E-state index contributed by atoms with van der Waals surface area (Å²) in [5, 5.41) is 2.39. The van der Waals surface area contributed by atoms with Gasteiger partial charge in [-0.25, -0.2) is 0 Å². The van der Waals surface area contributed by atoms with E-state index in [2.05, 4.69) is 16.2 Å². The quantitative estimate of drug-likeness (QED) is 0.593. The molecular formula is C18H21N3O6. The van der Waals surface area contributed by atoms with E-state index in [0.29, 0.717) is 23.7 Å². The maximum Gasteiger partial charge on any atom is 0.279 e. The number of hydrogen-bond acceptors (Lipinski definition) is 6. The molecule has 0 aliphatic rings. The van der Waals surface area contributed by atoms with Crippen molar-refractivity contribution in [2.45, 2.75) is 20.0 Å². The summed E-state index contributed by atoms with van der Waals surface area (Å²) >= 11 is 0. The molecule has 9 heteroatoms. The summed E-state index contributed by atoms with van der Waals surface area (Å²) in [4.78, 5) is 35.3. The lowest BCUT2D eigenvalue weighted by Crippen LogP contribution is -2.50. The second-order valence-electron chi connectivity index (χ2n) is 5.40. The van der Waals surface area contributed by atoms with Crippen LogP contribution in [0.2, 0.25) is 0 Å². The Morgan fingerprint density at radius 1 is 1.07 bits per heavy atom. The molecule has 0 spiro atoms. The molecule has 1 unspecified atom stereocenters. The van der Waals surface area contributed by atoms with Crippen molar-refractivity contribution in [3.05, 3.63) is 48.4 Å². The molecule has 0 fully saturated rings. The van der Waals surface area contributed by atoms with Crippen LogP contribution < -0.4 is 25.6 Å². The van der Waals surface area contributed by atoms with Gasteiger partial charge in [-0.3, -0.25) is 25.2 Å². The first-order valence-corrected chi connectivity index (χ1v) is 8.28. The molecule has 0 saturated carbocycles. The summed E-state index contributed by atoms with van der Waals surface area (Å²) < 4.78 is 15.6. The molecule has 3 amide bonds. The summed E-state index contributed by atoms with van der Waals surface area (Å²) in [5.74, 6) is -0.407. The molecule has 0 bridgehead atoms. The van der Waals surface area contributed by atoms with Crippen molar-refractivity contribution in [3.8, 4) is 11.5 Å². The SMILES string of the molecule is CCOc1ccc(OC(C)C(=O)NNC(=O)CNC(=O)c2ccoc2)cc1. The third-order valence-corrected chi connectivity index (χ3v) is 3.33. The molecule has 0 saturated heterocycles. The van der Waals surface area contributed by atoms with Crippen molar-refractivity contribution in [2.24, 2.45) is 0 Å². The highest BCUT2D eigenvalue weighted by Gasteiger charge is 2.16. The lowest BCUT2D eigenvalue weighted by atomic mass is 10.3. The first-order chi connectivity index (χ1) is 13.0. The minimum atomic E-state index is -0.844. The second-order valence-corrected chi connectivity index (χ2v) is 5.40. The first-order valence-electron chi connectivity index (χ1n) is 8.28. The highest BCUT2D eigenvalue weighted by molar-refractivity contribution is 5.96. The lowest BCUT2D eigenvalue weighted by molar-refractivity contribution is -0.132. The summed E-state index contributed by atoms with van der Waals surface area (Å²) in [7, 11) is 0. The van der Waals surface area contributed by atoms with Gasteiger partial charge in [-0.1, -0.05) is 0 Å². The number of nitrogens with one attached hydrogen (secondary N) is 3. The molecule has 1 aromatic carbocycles. The number of amides is 3. The van der Waals surface area contributed by atoms with E-state index < -0.39 is 23.8 Å². The fraction of sp³-hybridized carbons (Fsp3) is 0.278. The zero-order valence-corrected chi connectivity index (χ0v) is 15.0. The van der Waals surface area contributed by atoms with Crippen LogP contribution in [0, 0.1) is 0 Å². The van der Waals surface area contributed by atoms with Gasteiger partial charge in [-0.05, 0) is 44.2 Å². The zero-order valence-electron chi connectivity index (χ0n) is 15.0. The highest BCUT2D eigenvalue weighted by atomic mass is 16.5. The maximum atomic E-state index is 12.0. The van der Waals surface area contributed by atoms with Gasteiger partial charge in [0.25, 0.3) is 17.7 Å². The Bertz CT molecular complexity index is 758. The molecule has 2 rings (SSSR count). The van der Waals surface area contributed by atoms with Gasteiger partial charge in [0.05, 0.1) is 25.0 Å². The van der Waals surface area contributed by atoms with Crippen molar-refractivity contribution < 1.29 is 28.3 Å². The van der Waals surface area contributed by atoms with E-state index in [-0.39, 0.29) is 6.54 Å². The Morgan fingerprint density at radius 2 is 1.78 bits per heavy atom. The summed E-state index contributed by atoms with van der Waals surface area (Å²) in [6.45, 7) is 3.67. The van der Waals surface area contributed by atoms with Crippen molar-refractivity contribution in [1.29, 1.82) is 0 Å². The normalized spacial score (nSPS) is 11.2. The predicted octanol–water partition coefficient (Wildman–Crippen LogP) is 1.02. The van der Waals surface area contributed by atoms with Gasteiger partial charge in [0.15, 0.2) is 6.10 Å². The van der Waals surface area contributed by atoms with Crippen LogP contribution in [0.1, 0.15) is 24.2 Å². The molecule has 144 valence electrons. The van der Waals surface area contributed by atoms with Gasteiger partial charge in [0, 0.05) is 0 Å². The number of hydrogen-bond donors (Lipinski definition) is 3. The van der Waals surface area contributed by atoms with Crippen molar-refractivity contribution in [2.75, 3.05) is 13.2 Å². The summed E-state index contributed by atoms with van der Waals surface area (Å²) in [6, 6.07) is 8.29. The molecule has 9 nitrogen and oxygen atoms in total. The average molecular weight is 375 g/mol. The number of carbonyl (C=O) groups excluding carboxylic acids is 3. The van der Waals surface area contributed by atoms with Gasteiger partial charge in [-0.15, -0.1) is 0 Å². The van der Waals surface area contributed by atoms with Gasteiger partial charge >= 0.3 is 0 Å². The minimum absolute atomic E-state index is 0.296. The second kappa shape index (κ2) is 9.85. The van der Waals surface area contributed by atoms with E-state index in [0.717, 1.165) is 0 Å². The monoisotopic (exact) mass is 375 g/mol. The number of ether oxygens (including phenoxy) is 2. The molecule has 1 aromatic heterocycles. The Hall–Kier alpha value is -3.49. The molecule has 1 heterocycles. The maximum absolute atomic E-state index is 12.0. The number of hydrazine groups is 1. The van der Waals surface area contributed by atoms with E-state index in [1.807, 2.05) is 6.92 Å². The minimum Gasteiger partial charge on any atom is -0.494 e. The Labute approximate surface area is 156 Å². The molecular weight excluding hydrogens is 354 g/mol. The lowest BCUT2D eigenvalue weighted by Gasteiger charge is -2.15. The summed E-state index contributed by atoms with van der Waals surface area (Å²) in [5.41, 5.74) is 4.73. The van der Waals surface area contributed by atoms with E-state index in [4.69, 9.17) is 13.9 Å². The van der Waals surface area contributed by atoms with Crippen LogP contribution in [0.4, 0.5) is 0 Å². The van der Waals surface area contributed by atoms with Crippen LogP contribution in [-0.2, 0) is 9.59 Å². The number of furan rings is 1. The number of benzene rings is 1. The van der Waals surface area contributed by atoms with E-state index >= 15 is 0 Å². The summed E-state index contributed by atoms with van der Waals surface area (Å²) in [6.07, 6.45) is 1.76. The van der Waals surface area contributed by atoms with E-state index in [1.54, 1.807) is 31.2 Å². The van der Waals surface area contributed by atoms with Crippen molar-refractivity contribution in [3.63, 3.8) is 0 Å². The van der Waals surface area contributed by atoms with Crippen LogP contribution in [0.3, 0.4) is 0 Å². The van der Waals surface area contributed by atoms with Crippen molar-refractivity contribution in [1.82, 2.24) is 16.2 Å². The molecule has 0 radical (unpaired) electrons. The number of rotatable bonds is 8. The van der Waals surface area contributed by atoms with Gasteiger partial charge in [0.1, 0.15) is 17.8 Å². The standard InChI is InChI=1S/C18H21N3O6/c1-3-26-14-4-6-15(7-5-14)27-12(2)17(23)21-20-16(22)10-19-18(24)13-8-9-25-11-13/h4-9,11-12H,3,10H2,1-2H3,(H,19,24)(H,20,22)(H,21,23). The van der Waals surface area contributed by atoms with E-state index in [9.17, 15) is 14.4 Å². The largest absolute Gasteiger partial charge is 0.494 e. The molecule has 1 atom stereocenters. The van der Waals surface area contributed by atoms with Crippen LogP contribution in [0.25, 0.3) is 0 Å². The highest BCUT2D eigenvalue weighted by Crippen LogP contribution is 2.18. The topological polar surface area (TPSA) is 119 Å². The van der Waals surface area contributed by atoms with Gasteiger partial charge in [0.2, 0.25) is 0 Å². The Morgan fingerprint density at radius 3 is 2.41 bits per heavy atom. The molecule has 3 N–H and O–H groups in total. The smallest absolute Gasteiger partial charge is 0.279 e. The Balaban J connectivity index is 1.70. The molecule has 2 aromatic rings. The van der Waals surface area contributed by atoms with Crippen LogP contribution >= 0.6 is 0 Å². The fourth-order valence-corrected chi connectivity index (χ4v) is 1.97. The van der Waals surface area contributed by atoms with E-state index in [1.165, 1.54) is 18.6 Å². The third-order valence-electron chi connectivity index (χ3n) is 3.33. The first kappa shape index (κ1) is 19.8. The average Bonchev–Trinajstić information content (AvgIpc) is 3.20. The molecule has 0 aliphatic heterocycles. The molecule has 27 heavy (non-hydrogen) atoms. The van der Waals surface area contributed by atoms with Crippen LogP contribution in [0.15, 0.2) is 47.3 Å². The third kappa shape index (κ3) is 6.38. The molecule has 0 aliphatic carbocycles. The van der Waals surface area contributed by atoms with Crippen LogP contribution in [0.5, 0.6) is 11.5 Å². The predicted molar refractivity (Wildman–Crippen MR) is 95.0 cm³/mol. The number of carbonyl (C=O) groups is 3. The Kier molecular flexibility index (Phi) is 7.24. The van der Waals surface area contributed by atoms with Crippen LogP contribution in [-0.4, -0.2) is 37.0 Å². The fourth-order valence-electron chi connectivity index (χ4n) is 1.97.